The second kappa shape index (κ2) is 10.1. The Hall–Kier alpha value is -3.02. The molecule has 0 saturated carbocycles. The monoisotopic (exact) mass is 438 g/mol. The Morgan fingerprint density at radius 3 is 2.50 bits per heavy atom. The Bertz CT molecular complexity index is 965. The Morgan fingerprint density at radius 2 is 1.81 bits per heavy atom. The fraction of sp³-hybridized carbons (Fsp3) is 0.462. The van der Waals surface area contributed by atoms with Gasteiger partial charge in [-0.25, -0.2) is 0 Å². The third-order valence-electron chi connectivity index (χ3n) is 5.55. The van der Waals surface area contributed by atoms with Crippen LogP contribution in [0.25, 0.3) is 0 Å². The Balaban J connectivity index is 1.79. The van der Waals surface area contributed by atoms with Crippen LogP contribution in [0.15, 0.2) is 42.5 Å². The van der Waals surface area contributed by atoms with Crippen molar-refractivity contribution in [2.24, 2.45) is 0 Å². The minimum Gasteiger partial charge on any atom is -0.454 e. The number of fused-ring (bicyclic) bond motifs is 1. The first-order valence-corrected chi connectivity index (χ1v) is 11.2. The van der Waals surface area contributed by atoms with Crippen molar-refractivity contribution >= 4 is 11.8 Å². The molecule has 0 spiro atoms. The zero-order valence-corrected chi connectivity index (χ0v) is 19.7. The van der Waals surface area contributed by atoms with E-state index in [4.69, 9.17) is 9.47 Å². The standard InChI is InChI=1S/C26H34N2O4/c1-6-21(25(30)27-26(3,4)5)28(16-20-10-8-7-9-18(20)2)24(29)14-12-19-11-13-22-23(15-19)32-17-31-22/h7-11,13,15,21H,6,12,14,16-17H2,1-5H3,(H,27,30). The normalized spacial score (nSPS) is 13.5. The lowest BCUT2D eigenvalue weighted by Crippen LogP contribution is -2.53. The maximum Gasteiger partial charge on any atom is 0.243 e. The number of carbonyl (C=O) groups is 2. The fourth-order valence-electron chi connectivity index (χ4n) is 3.83. The first kappa shape index (κ1) is 23.6. The molecule has 0 saturated heterocycles. The zero-order chi connectivity index (χ0) is 23.3. The summed E-state index contributed by atoms with van der Waals surface area (Å²) in [5, 5.41) is 3.04. The second-order valence-electron chi connectivity index (χ2n) is 9.30. The van der Waals surface area contributed by atoms with Crippen LogP contribution in [0.4, 0.5) is 0 Å². The van der Waals surface area contributed by atoms with Gasteiger partial charge in [-0.05, 0) is 69.4 Å². The van der Waals surface area contributed by atoms with E-state index in [1.807, 2.05) is 77.1 Å². The Morgan fingerprint density at radius 1 is 1.09 bits per heavy atom. The Kier molecular flexibility index (Phi) is 7.44. The van der Waals surface area contributed by atoms with Gasteiger partial charge >= 0.3 is 0 Å². The van der Waals surface area contributed by atoms with Crippen molar-refractivity contribution in [3.8, 4) is 11.5 Å². The molecule has 32 heavy (non-hydrogen) atoms. The summed E-state index contributed by atoms with van der Waals surface area (Å²) in [7, 11) is 0. The van der Waals surface area contributed by atoms with E-state index in [2.05, 4.69) is 5.32 Å². The Labute approximate surface area is 190 Å². The number of rotatable bonds is 8. The number of aryl methyl sites for hydroxylation is 2. The summed E-state index contributed by atoms with van der Waals surface area (Å²) in [4.78, 5) is 28.2. The van der Waals surface area contributed by atoms with Crippen LogP contribution >= 0.6 is 0 Å². The van der Waals surface area contributed by atoms with Gasteiger partial charge in [0.25, 0.3) is 0 Å². The number of nitrogens with one attached hydrogen (secondary N) is 1. The van der Waals surface area contributed by atoms with Gasteiger partial charge in [0.2, 0.25) is 18.6 Å². The molecule has 3 rings (SSSR count). The first-order chi connectivity index (χ1) is 15.2. The lowest BCUT2D eigenvalue weighted by Gasteiger charge is -2.33. The van der Waals surface area contributed by atoms with Crippen molar-refractivity contribution in [3.63, 3.8) is 0 Å². The van der Waals surface area contributed by atoms with E-state index in [9.17, 15) is 9.59 Å². The highest BCUT2D eigenvalue weighted by Gasteiger charge is 2.30. The molecule has 2 aromatic carbocycles. The van der Waals surface area contributed by atoms with E-state index in [-0.39, 0.29) is 24.1 Å². The summed E-state index contributed by atoms with van der Waals surface area (Å²) in [5.41, 5.74) is 2.79. The predicted octanol–water partition coefficient (Wildman–Crippen LogP) is 4.38. The van der Waals surface area contributed by atoms with Crippen LogP contribution in [-0.2, 0) is 22.6 Å². The summed E-state index contributed by atoms with van der Waals surface area (Å²) in [5.74, 6) is 1.28. The number of nitrogens with zero attached hydrogens (tertiary/aromatic N) is 1. The molecule has 0 aliphatic carbocycles. The molecule has 6 nitrogen and oxygen atoms in total. The molecule has 0 radical (unpaired) electrons. The van der Waals surface area contributed by atoms with Gasteiger partial charge in [0.1, 0.15) is 6.04 Å². The molecule has 1 heterocycles. The smallest absolute Gasteiger partial charge is 0.243 e. The zero-order valence-electron chi connectivity index (χ0n) is 19.7. The molecule has 1 unspecified atom stereocenters. The van der Waals surface area contributed by atoms with Crippen LogP contribution in [-0.4, -0.2) is 35.1 Å². The number of amides is 2. The van der Waals surface area contributed by atoms with Crippen LogP contribution in [0.3, 0.4) is 0 Å². The van der Waals surface area contributed by atoms with Gasteiger partial charge in [0.15, 0.2) is 11.5 Å². The topological polar surface area (TPSA) is 67.9 Å². The molecular weight excluding hydrogens is 404 g/mol. The number of benzene rings is 2. The number of hydrogen-bond donors (Lipinski definition) is 1. The SMILES string of the molecule is CCC(C(=O)NC(C)(C)C)N(Cc1ccccc1C)C(=O)CCc1ccc2c(c1)OCO2. The molecule has 1 aliphatic rings. The molecular formula is C26H34N2O4. The van der Waals surface area contributed by atoms with E-state index in [1.165, 1.54) is 0 Å². The van der Waals surface area contributed by atoms with Crippen LogP contribution in [0.2, 0.25) is 0 Å². The van der Waals surface area contributed by atoms with E-state index in [1.54, 1.807) is 4.90 Å². The number of ether oxygens (including phenoxy) is 2. The van der Waals surface area contributed by atoms with E-state index in [0.29, 0.717) is 31.6 Å². The van der Waals surface area contributed by atoms with Gasteiger partial charge in [-0.3, -0.25) is 9.59 Å². The van der Waals surface area contributed by atoms with Crippen molar-refractivity contribution in [2.75, 3.05) is 6.79 Å². The summed E-state index contributed by atoms with van der Waals surface area (Å²) >= 11 is 0. The van der Waals surface area contributed by atoms with E-state index in [0.717, 1.165) is 22.4 Å². The lowest BCUT2D eigenvalue weighted by atomic mass is 10.0. The van der Waals surface area contributed by atoms with Gasteiger partial charge in [-0.2, -0.15) is 0 Å². The third-order valence-corrected chi connectivity index (χ3v) is 5.55. The predicted molar refractivity (Wildman–Crippen MR) is 125 cm³/mol. The fourth-order valence-corrected chi connectivity index (χ4v) is 3.83. The van der Waals surface area contributed by atoms with Crippen LogP contribution < -0.4 is 14.8 Å². The molecule has 2 amide bonds. The van der Waals surface area contributed by atoms with E-state index < -0.39 is 6.04 Å². The highest BCUT2D eigenvalue weighted by molar-refractivity contribution is 5.88. The quantitative estimate of drug-likeness (QED) is 0.664. The summed E-state index contributed by atoms with van der Waals surface area (Å²) in [6.07, 6.45) is 1.42. The number of hydrogen-bond acceptors (Lipinski definition) is 4. The summed E-state index contributed by atoms with van der Waals surface area (Å²) in [6.45, 7) is 10.5. The van der Waals surface area contributed by atoms with Crippen LogP contribution in [0, 0.1) is 6.92 Å². The lowest BCUT2D eigenvalue weighted by molar-refractivity contribution is -0.142. The summed E-state index contributed by atoms with van der Waals surface area (Å²) < 4.78 is 10.8. The minimum absolute atomic E-state index is 0.0400. The molecule has 172 valence electrons. The third kappa shape index (κ3) is 6.02. The van der Waals surface area contributed by atoms with Crippen LogP contribution in [0.1, 0.15) is 57.2 Å². The molecule has 2 aromatic rings. The van der Waals surface area contributed by atoms with Crippen molar-refractivity contribution in [1.29, 1.82) is 0 Å². The second-order valence-corrected chi connectivity index (χ2v) is 9.30. The maximum absolute atomic E-state index is 13.4. The van der Waals surface area contributed by atoms with Gasteiger partial charge in [-0.15, -0.1) is 0 Å². The first-order valence-electron chi connectivity index (χ1n) is 11.2. The van der Waals surface area contributed by atoms with E-state index >= 15 is 0 Å². The van der Waals surface area contributed by atoms with Gasteiger partial charge in [0.05, 0.1) is 0 Å². The average molecular weight is 439 g/mol. The summed E-state index contributed by atoms with van der Waals surface area (Å²) in [6, 6.07) is 13.2. The van der Waals surface area contributed by atoms with Crippen molar-refractivity contribution in [3.05, 3.63) is 59.2 Å². The molecule has 0 fully saturated rings. The van der Waals surface area contributed by atoms with Crippen molar-refractivity contribution in [2.45, 2.75) is 72.0 Å². The molecule has 6 heteroatoms. The van der Waals surface area contributed by atoms with Crippen molar-refractivity contribution < 1.29 is 19.1 Å². The maximum atomic E-state index is 13.4. The van der Waals surface area contributed by atoms with Crippen LogP contribution in [0.5, 0.6) is 11.5 Å². The molecule has 1 atom stereocenters. The molecule has 1 N–H and O–H groups in total. The van der Waals surface area contributed by atoms with Gasteiger partial charge < -0.3 is 19.7 Å². The molecule has 1 aliphatic heterocycles. The van der Waals surface area contributed by atoms with Gasteiger partial charge in [0, 0.05) is 18.5 Å². The highest BCUT2D eigenvalue weighted by Crippen LogP contribution is 2.33. The molecule has 0 aromatic heterocycles. The minimum atomic E-state index is -0.530. The van der Waals surface area contributed by atoms with Gasteiger partial charge in [-0.1, -0.05) is 37.3 Å². The van der Waals surface area contributed by atoms with Crippen molar-refractivity contribution in [1.82, 2.24) is 10.2 Å². The number of carbonyl (C=O) groups excluding carboxylic acids is 2. The largest absolute Gasteiger partial charge is 0.454 e. The highest BCUT2D eigenvalue weighted by atomic mass is 16.7. The molecule has 0 bridgehead atoms. The average Bonchev–Trinajstić information content (AvgIpc) is 3.20.